The number of hydrogen-bond acceptors (Lipinski definition) is 4. The lowest BCUT2D eigenvalue weighted by Crippen LogP contribution is -2.21. The van der Waals surface area contributed by atoms with Crippen molar-refractivity contribution in [3.8, 4) is 5.75 Å². The third-order valence-electron chi connectivity index (χ3n) is 3.75. The number of carbonyl (C=O) groups excluding carboxylic acids is 1. The number of carbonyl (C=O) groups is 1. The van der Waals surface area contributed by atoms with E-state index in [9.17, 15) is 18.0 Å². The molecule has 1 amide bonds. The fraction of sp³-hybridized carbons (Fsp3) is 0.167. The van der Waals surface area contributed by atoms with Crippen LogP contribution in [0.5, 0.6) is 5.75 Å². The molecule has 0 unspecified atom stereocenters. The molecule has 29 heavy (non-hydrogen) atoms. The quantitative estimate of drug-likeness (QED) is 0.519. The molecule has 1 N–H and O–H groups in total. The molecule has 0 saturated carbocycles. The Balaban J connectivity index is 1.77. The van der Waals surface area contributed by atoms with Crippen molar-refractivity contribution in [2.45, 2.75) is 13.1 Å². The summed E-state index contributed by atoms with van der Waals surface area (Å²) in [6.45, 7) is 1.26. The highest BCUT2D eigenvalue weighted by Crippen LogP contribution is 2.37. The van der Waals surface area contributed by atoms with Gasteiger partial charge in [-0.1, -0.05) is 34.8 Å². The smallest absolute Gasteiger partial charge is 0.417 e. The van der Waals surface area contributed by atoms with Crippen molar-refractivity contribution >= 4 is 57.4 Å². The van der Waals surface area contributed by atoms with E-state index in [0.717, 1.165) is 0 Å². The van der Waals surface area contributed by atoms with Gasteiger partial charge in [0.2, 0.25) is 0 Å². The lowest BCUT2D eigenvalue weighted by atomic mass is 10.2. The van der Waals surface area contributed by atoms with Crippen LogP contribution in [0.3, 0.4) is 0 Å². The van der Waals surface area contributed by atoms with E-state index in [1.54, 1.807) is 19.1 Å². The molecule has 2 heterocycles. The van der Waals surface area contributed by atoms with Gasteiger partial charge in [0.1, 0.15) is 5.52 Å². The van der Waals surface area contributed by atoms with Gasteiger partial charge in [-0.2, -0.15) is 13.2 Å². The zero-order chi connectivity index (χ0) is 21.3. The van der Waals surface area contributed by atoms with Crippen molar-refractivity contribution in [3.05, 3.63) is 56.8 Å². The summed E-state index contributed by atoms with van der Waals surface area (Å²) in [4.78, 5) is 20.0. The van der Waals surface area contributed by atoms with Crippen molar-refractivity contribution in [2.24, 2.45) is 0 Å². The largest absolute Gasteiger partial charge is 0.480 e. The maximum atomic E-state index is 12.7. The normalized spacial score (nSPS) is 11.6. The Morgan fingerprint density at radius 2 is 1.86 bits per heavy atom. The van der Waals surface area contributed by atoms with Crippen molar-refractivity contribution in [1.29, 1.82) is 0 Å². The van der Waals surface area contributed by atoms with Gasteiger partial charge in [-0.05, 0) is 31.2 Å². The van der Waals surface area contributed by atoms with Crippen LogP contribution < -0.4 is 10.1 Å². The number of anilines is 1. The highest BCUT2D eigenvalue weighted by atomic mass is 35.5. The Bertz CT molecular complexity index is 1110. The zero-order valence-corrected chi connectivity index (χ0v) is 16.8. The summed E-state index contributed by atoms with van der Waals surface area (Å²) < 4.78 is 43.5. The fourth-order valence-corrected chi connectivity index (χ4v) is 3.20. The van der Waals surface area contributed by atoms with Gasteiger partial charge in [-0.3, -0.25) is 4.79 Å². The predicted molar refractivity (Wildman–Crippen MR) is 105 cm³/mol. The van der Waals surface area contributed by atoms with Gasteiger partial charge in [-0.15, -0.1) is 0 Å². The van der Waals surface area contributed by atoms with Gasteiger partial charge in [0.05, 0.1) is 20.6 Å². The van der Waals surface area contributed by atoms with Gasteiger partial charge in [-0.25, -0.2) is 9.97 Å². The number of fused-ring (bicyclic) bond motifs is 1. The van der Waals surface area contributed by atoms with Crippen LogP contribution in [0.2, 0.25) is 15.1 Å². The first-order valence-electron chi connectivity index (χ1n) is 7.97. The molecule has 0 spiro atoms. The van der Waals surface area contributed by atoms with Crippen LogP contribution in [-0.2, 0) is 11.0 Å². The van der Waals surface area contributed by atoms with Gasteiger partial charge in [0, 0.05) is 17.3 Å². The molecule has 0 saturated heterocycles. The van der Waals surface area contributed by atoms with Crippen molar-refractivity contribution < 1.29 is 22.7 Å². The second-order valence-electron chi connectivity index (χ2n) is 5.91. The van der Waals surface area contributed by atoms with Gasteiger partial charge in [0.25, 0.3) is 5.91 Å². The first-order chi connectivity index (χ1) is 13.6. The van der Waals surface area contributed by atoms with E-state index in [-0.39, 0.29) is 21.6 Å². The van der Waals surface area contributed by atoms with Crippen LogP contribution in [0.25, 0.3) is 10.9 Å². The molecule has 0 aliphatic rings. The van der Waals surface area contributed by atoms with E-state index in [0.29, 0.717) is 33.9 Å². The van der Waals surface area contributed by atoms with Crippen molar-refractivity contribution in [2.75, 3.05) is 11.9 Å². The Labute approximate surface area is 177 Å². The third-order valence-corrected chi connectivity index (χ3v) is 4.63. The molecule has 1 aromatic carbocycles. The molecular weight excluding hydrogens is 454 g/mol. The minimum absolute atomic E-state index is 0.149. The van der Waals surface area contributed by atoms with E-state index in [1.165, 1.54) is 6.07 Å². The molecule has 0 radical (unpaired) electrons. The van der Waals surface area contributed by atoms with E-state index in [4.69, 9.17) is 39.5 Å². The predicted octanol–water partition coefficient (Wildman–Crippen LogP) is 5.93. The molecule has 0 fully saturated rings. The summed E-state index contributed by atoms with van der Waals surface area (Å²) >= 11 is 18.1. The minimum atomic E-state index is -4.60. The topological polar surface area (TPSA) is 64.1 Å². The maximum Gasteiger partial charge on any atom is 0.417 e. The van der Waals surface area contributed by atoms with Crippen LogP contribution in [0, 0.1) is 6.92 Å². The van der Waals surface area contributed by atoms with E-state index < -0.39 is 24.3 Å². The first kappa shape index (κ1) is 21.4. The highest BCUT2D eigenvalue weighted by Gasteiger charge is 2.31. The van der Waals surface area contributed by atoms with E-state index in [2.05, 4.69) is 15.3 Å². The van der Waals surface area contributed by atoms with Crippen LogP contribution in [0.1, 0.15) is 11.3 Å². The number of hydrogen-bond donors (Lipinski definition) is 1. The molecule has 152 valence electrons. The Kier molecular flexibility index (Phi) is 6.07. The zero-order valence-electron chi connectivity index (χ0n) is 14.6. The van der Waals surface area contributed by atoms with Gasteiger partial charge >= 0.3 is 6.18 Å². The maximum absolute atomic E-state index is 12.7. The standard InChI is InChI=1S/C18H11Cl3F3N3O2/c1-8-2-3-10-11(19)5-12(20)16(15(10)26-8)29-7-14(28)27-17-13(21)4-9(6-25-17)18(22,23)24/h2-6H,7H2,1H3,(H,25,27,28). The van der Waals surface area contributed by atoms with Crippen LogP contribution in [0.4, 0.5) is 19.0 Å². The number of halogens is 6. The summed E-state index contributed by atoms with van der Waals surface area (Å²) in [5, 5.41) is 3.03. The van der Waals surface area contributed by atoms with Crippen LogP contribution in [-0.4, -0.2) is 22.5 Å². The van der Waals surface area contributed by atoms with Crippen LogP contribution >= 0.6 is 34.8 Å². The van der Waals surface area contributed by atoms with Gasteiger partial charge in [0.15, 0.2) is 18.2 Å². The molecule has 11 heteroatoms. The number of amides is 1. The Hall–Kier alpha value is -2.29. The molecule has 0 bridgehead atoms. The monoisotopic (exact) mass is 463 g/mol. The van der Waals surface area contributed by atoms with Gasteiger partial charge < -0.3 is 10.1 Å². The SMILES string of the molecule is Cc1ccc2c(Cl)cc(Cl)c(OCC(=O)Nc3ncc(C(F)(F)F)cc3Cl)c2n1. The second-order valence-corrected chi connectivity index (χ2v) is 7.13. The summed E-state index contributed by atoms with van der Waals surface area (Å²) in [6.07, 6.45) is -4.03. The average Bonchev–Trinajstić information content (AvgIpc) is 2.62. The number of nitrogens with one attached hydrogen (secondary N) is 1. The number of benzene rings is 1. The summed E-state index contributed by atoms with van der Waals surface area (Å²) in [7, 11) is 0. The molecular formula is C18H11Cl3F3N3O2. The second kappa shape index (κ2) is 8.22. The summed E-state index contributed by atoms with van der Waals surface area (Å²) in [5.41, 5.74) is 0.0319. The first-order valence-corrected chi connectivity index (χ1v) is 9.10. The van der Waals surface area contributed by atoms with E-state index in [1.807, 2.05) is 0 Å². The molecule has 5 nitrogen and oxygen atoms in total. The molecule has 0 aliphatic carbocycles. The minimum Gasteiger partial charge on any atom is -0.480 e. The molecule has 0 atom stereocenters. The lowest BCUT2D eigenvalue weighted by Gasteiger charge is -2.13. The number of alkyl halides is 3. The highest BCUT2D eigenvalue weighted by molar-refractivity contribution is 6.39. The number of aryl methyl sites for hydroxylation is 1. The number of aromatic nitrogens is 2. The van der Waals surface area contributed by atoms with Crippen LogP contribution in [0.15, 0.2) is 30.5 Å². The fourth-order valence-electron chi connectivity index (χ4n) is 2.42. The number of ether oxygens (including phenoxy) is 1. The third kappa shape index (κ3) is 4.83. The Morgan fingerprint density at radius 1 is 1.14 bits per heavy atom. The lowest BCUT2D eigenvalue weighted by molar-refractivity contribution is -0.137. The van der Waals surface area contributed by atoms with Crippen molar-refractivity contribution in [1.82, 2.24) is 9.97 Å². The summed E-state index contributed by atoms with van der Waals surface area (Å²) in [6, 6.07) is 5.64. The van der Waals surface area contributed by atoms with Crippen molar-refractivity contribution in [3.63, 3.8) is 0 Å². The molecule has 0 aliphatic heterocycles. The number of rotatable bonds is 4. The molecule has 2 aromatic heterocycles. The molecule has 3 aromatic rings. The molecule has 3 rings (SSSR count). The summed E-state index contributed by atoms with van der Waals surface area (Å²) in [5.74, 6) is -0.781. The van der Waals surface area contributed by atoms with E-state index >= 15 is 0 Å². The Morgan fingerprint density at radius 3 is 2.52 bits per heavy atom. The number of pyridine rings is 2. The number of nitrogens with zero attached hydrogens (tertiary/aromatic N) is 2. The average molecular weight is 465 g/mol.